The molecule has 0 saturated carbocycles. The van der Waals surface area contributed by atoms with E-state index >= 15 is 0 Å². The molecule has 1 unspecified atom stereocenters. The molecule has 5 heteroatoms. The van der Waals surface area contributed by atoms with E-state index in [1.54, 1.807) is 13.8 Å². The Morgan fingerprint density at radius 1 is 1.00 bits per heavy atom. The quantitative estimate of drug-likeness (QED) is 0.319. The van der Waals surface area contributed by atoms with Gasteiger partial charge in [0.05, 0.1) is 0 Å². The summed E-state index contributed by atoms with van der Waals surface area (Å²) in [4.78, 5) is 24.8. The highest BCUT2D eigenvalue weighted by molar-refractivity contribution is 7.99. The predicted molar refractivity (Wildman–Crippen MR) is 123 cm³/mol. The van der Waals surface area contributed by atoms with Crippen molar-refractivity contribution >= 4 is 34.5 Å². The number of benzene rings is 2. The summed E-state index contributed by atoms with van der Waals surface area (Å²) in [7, 11) is 0. The molecule has 30 heavy (non-hydrogen) atoms. The number of rotatable bonds is 7. The highest BCUT2D eigenvalue weighted by atomic mass is 32.2. The third-order valence-electron chi connectivity index (χ3n) is 5.12. The van der Waals surface area contributed by atoms with Gasteiger partial charge >= 0.3 is 11.9 Å². The molecule has 1 aliphatic carbocycles. The van der Waals surface area contributed by atoms with Crippen LogP contribution in [-0.4, -0.2) is 22.9 Å². The van der Waals surface area contributed by atoms with Gasteiger partial charge in [-0.05, 0) is 45.3 Å². The Bertz CT molecular complexity index is 1020. The number of carbonyl (C=O) groups excluding carboxylic acids is 2. The van der Waals surface area contributed by atoms with Crippen LogP contribution in [0.25, 0.3) is 10.8 Å². The van der Waals surface area contributed by atoms with Gasteiger partial charge in [-0.2, -0.15) is 11.8 Å². The van der Waals surface area contributed by atoms with Gasteiger partial charge in [-0.15, -0.1) is 0 Å². The fraction of sp³-hybridized carbons (Fsp3) is 0.360. The van der Waals surface area contributed by atoms with E-state index in [0.717, 1.165) is 53.3 Å². The summed E-state index contributed by atoms with van der Waals surface area (Å²) in [5.41, 5.74) is 2.59. The largest absolute Gasteiger partial charge is 0.422 e. The molecule has 0 aromatic heterocycles. The van der Waals surface area contributed by atoms with Gasteiger partial charge in [0.15, 0.2) is 0 Å². The lowest BCUT2D eigenvalue weighted by molar-refractivity contribution is -0.131. The lowest BCUT2D eigenvalue weighted by atomic mass is 9.86. The minimum absolute atomic E-state index is 0.345. The van der Waals surface area contributed by atoms with E-state index in [9.17, 15) is 9.59 Å². The molecule has 0 radical (unpaired) electrons. The summed E-state index contributed by atoms with van der Waals surface area (Å²) in [5, 5.41) is 1.96. The van der Waals surface area contributed by atoms with E-state index in [1.807, 2.05) is 36.0 Å². The Morgan fingerprint density at radius 2 is 1.53 bits per heavy atom. The Morgan fingerprint density at radius 3 is 2.03 bits per heavy atom. The van der Waals surface area contributed by atoms with Gasteiger partial charge in [-0.1, -0.05) is 44.3 Å². The third kappa shape index (κ3) is 4.62. The fourth-order valence-corrected chi connectivity index (χ4v) is 4.75. The SMILES string of the molecule is C=C(C)C(=O)Oc1c2c(c(OC(=O)C(=C)C)c3ccccc13)CC(SCCC)CC2. The van der Waals surface area contributed by atoms with Gasteiger partial charge in [0, 0.05) is 38.3 Å². The van der Waals surface area contributed by atoms with E-state index in [1.165, 1.54) is 0 Å². The van der Waals surface area contributed by atoms with E-state index in [-0.39, 0.29) is 0 Å². The van der Waals surface area contributed by atoms with Crippen molar-refractivity contribution in [3.8, 4) is 11.5 Å². The summed E-state index contributed by atoms with van der Waals surface area (Å²) >= 11 is 1.94. The molecule has 0 bridgehead atoms. The van der Waals surface area contributed by atoms with Crippen LogP contribution in [0.1, 0.15) is 44.7 Å². The second-order valence-electron chi connectivity index (χ2n) is 7.74. The van der Waals surface area contributed by atoms with Crippen LogP contribution >= 0.6 is 11.8 Å². The van der Waals surface area contributed by atoms with Crippen LogP contribution in [0.4, 0.5) is 0 Å². The molecule has 4 nitrogen and oxygen atoms in total. The molecule has 0 amide bonds. The van der Waals surface area contributed by atoms with Gasteiger partial charge in [-0.25, -0.2) is 9.59 Å². The molecule has 1 aliphatic rings. The molecule has 158 valence electrons. The molecule has 0 spiro atoms. The van der Waals surface area contributed by atoms with Crippen molar-refractivity contribution in [3.63, 3.8) is 0 Å². The number of carbonyl (C=O) groups is 2. The Balaban J connectivity index is 2.20. The summed E-state index contributed by atoms with van der Waals surface area (Å²) in [6.45, 7) is 12.9. The van der Waals surface area contributed by atoms with Gasteiger partial charge in [0.25, 0.3) is 0 Å². The molecule has 0 saturated heterocycles. The van der Waals surface area contributed by atoms with Crippen LogP contribution in [0.15, 0.2) is 48.6 Å². The minimum atomic E-state index is -0.448. The maximum absolute atomic E-state index is 12.4. The van der Waals surface area contributed by atoms with E-state index < -0.39 is 11.9 Å². The summed E-state index contributed by atoms with van der Waals surface area (Å²) in [6, 6.07) is 7.58. The Kier molecular flexibility index (Phi) is 7.03. The highest BCUT2D eigenvalue weighted by Crippen LogP contribution is 2.46. The molecular formula is C25H28O4S. The van der Waals surface area contributed by atoms with Gasteiger partial charge in [0.1, 0.15) is 11.5 Å². The van der Waals surface area contributed by atoms with Crippen molar-refractivity contribution in [2.75, 3.05) is 5.75 Å². The minimum Gasteiger partial charge on any atom is -0.422 e. The molecule has 1 atom stereocenters. The van der Waals surface area contributed by atoms with Crippen molar-refractivity contribution in [1.82, 2.24) is 0 Å². The lowest BCUT2D eigenvalue weighted by Crippen LogP contribution is -2.21. The highest BCUT2D eigenvalue weighted by Gasteiger charge is 2.30. The molecule has 0 N–H and O–H groups in total. The number of fused-ring (bicyclic) bond motifs is 2. The van der Waals surface area contributed by atoms with Crippen molar-refractivity contribution in [3.05, 3.63) is 59.7 Å². The normalized spacial score (nSPS) is 15.4. The lowest BCUT2D eigenvalue weighted by Gasteiger charge is -2.29. The predicted octanol–water partition coefficient (Wildman–Crippen LogP) is 5.80. The molecule has 3 rings (SSSR count). The van der Waals surface area contributed by atoms with Gasteiger partial charge in [0.2, 0.25) is 0 Å². The Labute approximate surface area is 182 Å². The number of ether oxygens (including phenoxy) is 2. The fourth-order valence-electron chi connectivity index (χ4n) is 3.61. The maximum atomic E-state index is 12.4. The zero-order valence-electron chi connectivity index (χ0n) is 17.9. The van der Waals surface area contributed by atoms with E-state index in [4.69, 9.17) is 9.47 Å². The molecule has 0 heterocycles. The zero-order chi connectivity index (χ0) is 21.8. The first-order chi connectivity index (χ1) is 14.3. The third-order valence-corrected chi connectivity index (χ3v) is 6.64. The maximum Gasteiger partial charge on any atom is 0.338 e. The second-order valence-corrected chi connectivity index (χ2v) is 9.14. The van der Waals surface area contributed by atoms with Crippen LogP contribution in [0.3, 0.4) is 0 Å². The van der Waals surface area contributed by atoms with Crippen molar-refractivity contribution in [2.24, 2.45) is 0 Å². The second kappa shape index (κ2) is 9.52. The van der Waals surface area contributed by atoms with Crippen LogP contribution < -0.4 is 9.47 Å². The van der Waals surface area contributed by atoms with Crippen molar-refractivity contribution < 1.29 is 19.1 Å². The van der Waals surface area contributed by atoms with E-state index in [2.05, 4.69) is 20.1 Å². The molecule has 0 fully saturated rings. The summed E-state index contributed by atoms with van der Waals surface area (Å²) in [5.74, 6) is 1.31. The first kappa shape index (κ1) is 22.2. The topological polar surface area (TPSA) is 52.6 Å². The van der Waals surface area contributed by atoms with Crippen molar-refractivity contribution in [2.45, 2.75) is 51.7 Å². The van der Waals surface area contributed by atoms with Gasteiger partial charge in [-0.3, -0.25) is 0 Å². The van der Waals surface area contributed by atoms with Crippen LogP contribution in [0, 0.1) is 0 Å². The van der Waals surface area contributed by atoms with Crippen LogP contribution in [0.2, 0.25) is 0 Å². The monoisotopic (exact) mass is 424 g/mol. The summed E-state index contributed by atoms with van der Waals surface area (Å²) in [6.07, 6.45) is 3.63. The molecule has 0 aliphatic heterocycles. The zero-order valence-corrected chi connectivity index (χ0v) is 18.7. The number of esters is 2. The summed E-state index contributed by atoms with van der Waals surface area (Å²) < 4.78 is 11.6. The number of hydrogen-bond donors (Lipinski definition) is 0. The Hall–Kier alpha value is -2.53. The molecule has 2 aromatic rings. The van der Waals surface area contributed by atoms with E-state index in [0.29, 0.717) is 27.9 Å². The number of thioether (sulfide) groups is 1. The smallest absolute Gasteiger partial charge is 0.338 e. The first-order valence-corrected chi connectivity index (χ1v) is 11.3. The first-order valence-electron chi connectivity index (χ1n) is 10.3. The van der Waals surface area contributed by atoms with Gasteiger partial charge < -0.3 is 9.47 Å². The standard InChI is InChI=1S/C25H28O4S/c1-6-13-30-17-11-12-20-21(14-17)23(29-25(27)16(4)5)19-10-8-7-9-18(19)22(20)28-24(26)15(2)3/h7-10,17H,2,4,6,11-14H2,1,3,5H3. The molecular weight excluding hydrogens is 396 g/mol. The molecule has 2 aromatic carbocycles. The average molecular weight is 425 g/mol. The average Bonchev–Trinajstić information content (AvgIpc) is 2.73. The van der Waals surface area contributed by atoms with Crippen LogP contribution in [0.5, 0.6) is 11.5 Å². The van der Waals surface area contributed by atoms with Crippen molar-refractivity contribution in [1.29, 1.82) is 0 Å². The number of hydrogen-bond acceptors (Lipinski definition) is 5. The van der Waals surface area contributed by atoms with Crippen LogP contribution in [-0.2, 0) is 22.4 Å².